The van der Waals surface area contributed by atoms with Crippen LogP contribution in [0.3, 0.4) is 0 Å². The Morgan fingerprint density at radius 1 is 1.36 bits per heavy atom. The van der Waals surface area contributed by atoms with Crippen molar-refractivity contribution in [1.82, 2.24) is 0 Å². The molecule has 0 fully saturated rings. The first-order valence-electron chi connectivity index (χ1n) is 4.53. The molecule has 0 aliphatic carbocycles. The Morgan fingerprint density at radius 2 is 2.00 bits per heavy atom. The number of hydrogen-bond donors (Lipinski definition) is 0. The van der Waals surface area contributed by atoms with Crippen LogP contribution in [0.5, 0.6) is 0 Å². The first kappa shape index (κ1) is 10.6. The molecule has 1 aromatic rings. The van der Waals surface area contributed by atoms with E-state index in [1.165, 1.54) is 0 Å². The fraction of sp³-hybridized carbons (Fsp3) is 0.364. The molecule has 0 amide bonds. The van der Waals surface area contributed by atoms with Crippen LogP contribution in [-0.4, -0.2) is 6.29 Å². The molecule has 3 nitrogen and oxygen atoms in total. The summed E-state index contributed by atoms with van der Waals surface area (Å²) in [5, 5.41) is 2.90. The molecule has 0 radical (unpaired) electrons. The lowest BCUT2D eigenvalue weighted by Crippen LogP contribution is -1.96. The van der Waals surface area contributed by atoms with Crippen molar-refractivity contribution in [2.75, 3.05) is 0 Å². The number of nitroso groups, excluding NO2 is 1. The largest absolute Gasteiger partial charge is 0.298 e. The topological polar surface area (TPSA) is 46.5 Å². The van der Waals surface area contributed by atoms with E-state index in [-0.39, 0.29) is 11.6 Å². The lowest BCUT2D eigenvalue weighted by atomic mass is 9.94. The molecular weight excluding hydrogens is 178 g/mol. The van der Waals surface area contributed by atoms with Gasteiger partial charge >= 0.3 is 0 Å². The molecule has 0 unspecified atom stereocenters. The van der Waals surface area contributed by atoms with Gasteiger partial charge in [-0.15, -0.1) is 4.91 Å². The molecule has 0 atom stereocenters. The summed E-state index contributed by atoms with van der Waals surface area (Å²) in [5.41, 5.74) is 2.31. The molecule has 0 N–H and O–H groups in total. The highest BCUT2D eigenvalue weighted by Crippen LogP contribution is 2.29. The maximum absolute atomic E-state index is 10.9. The highest BCUT2D eigenvalue weighted by molar-refractivity contribution is 5.86. The summed E-state index contributed by atoms with van der Waals surface area (Å²) in [5.74, 6) is 0.219. The average molecular weight is 191 g/mol. The molecule has 0 aromatic heterocycles. The van der Waals surface area contributed by atoms with Crippen molar-refractivity contribution in [3.8, 4) is 0 Å². The van der Waals surface area contributed by atoms with Gasteiger partial charge in [0.1, 0.15) is 5.69 Å². The SMILES string of the molecule is Cc1ccc(C(C)C)c(C=O)c1N=O. The third-order valence-electron chi connectivity index (χ3n) is 2.28. The molecular formula is C11H13NO2. The van der Waals surface area contributed by atoms with Gasteiger partial charge in [0.25, 0.3) is 0 Å². The molecule has 74 valence electrons. The molecule has 0 saturated carbocycles. The highest BCUT2D eigenvalue weighted by atomic mass is 16.3. The van der Waals surface area contributed by atoms with E-state index in [0.717, 1.165) is 11.1 Å². The molecule has 1 rings (SSSR count). The quantitative estimate of drug-likeness (QED) is 0.543. The number of carbonyl (C=O) groups excluding carboxylic acids is 1. The Kier molecular flexibility index (Phi) is 3.12. The van der Waals surface area contributed by atoms with Crippen LogP contribution in [0.25, 0.3) is 0 Å². The fourth-order valence-electron chi connectivity index (χ4n) is 1.48. The predicted octanol–water partition coefficient (Wildman–Crippen LogP) is 3.33. The van der Waals surface area contributed by atoms with Crippen LogP contribution in [0.1, 0.15) is 41.3 Å². The molecule has 0 saturated heterocycles. The Labute approximate surface area is 83.1 Å². The van der Waals surface area contributed by atoms with E-state index in [4.69, 9.17) is 0 Å². The van der Waals surface area contributed by atoms with E-state index in [0.29, 0.717) is 11.8 Å². The van der Waals surface area contributed by atoms with E-state index >= 15 is 0 Å². The summed E-state index contributed by atoms with van der Waals surface area (Å²) in [7, 11) is 0. The van der Waals surface area contributed by atoms with Crippen molar-refractivity contribution in [3.05, 3.63) is 33.7 Å². The first-order chi connectivity index (χ1) is 6.61. The number of aldehydes is 1. The number of nitrogens with zero attached hydrogens (tertiary/aromatic N) is 1. The lowest BCUT2D eigenvalue weighted by Gasteiger charge is -2.10. The van der Waals surface area contributed by atoms with Gasteiger partial charge in [0.15, 0.2) is 6.29 Å². The van der Waals surface area contributed by atoms with Crippen molar-refractivity contribution in [3.63, 3.8) is 0 Å². The Bertz CT molecular complexity index is 370. The minimum absolute atomic E-state index is 0.219. The van der Waals surface area contributed by atoms with Crippen molar-refractivity contribution in [2.24, 2.45) is 5.18 Å². The summed E-state index contributed by atoms with van der Waals surface area (Å²) < 4.78 is 0. The van der Waals surface area contributed by atoms with Gasteiger partial charge in [-0.3, -0.25) is 4.79 Å². The zero-order chi connectivity index (χ0) is 10.7. The molecule has 3 heteroatoms. The summed E-state index contributed by atoms with van der Waals surface area (Å²) in [6, 6.07) is 3.69. The van der Waals surface area contributed by atoms with Crippen LogP contribution in [0.15, 0.2) is 17.3 Å². The van der Waals surface area contributed by atoms with Gasteiger partial charge in [-0.1, -0.05) is 26.0 Å². The summed E-state index contributed by atoms with van der Waals surface area (Å²) in [6.45, 7) is 5.73. The maximum Gasteiger partial charge on any atom is 0.152 e. The second kappa shape index (κ2) is 4.13. The van der Waals surface area contributed by atoms with Gasteiger partial charge in [-0.2, -0.15) is 0 Å². The normalized spacial score (nSPS) is 10.3. The van der Waals surface area contributed by atoms with Gasteiger partial charge in [0, 0.05) is 5.56 Å². The third-order valence-corrected chi connectivity index (χ3v) is 2.28. The second-order valence-electron chi connectivity index (χ2n) is 3.60. The summed E-state index contributed by atoms with van der Waals surface area (Å²) in [6.07, 6.45) is 0.707. The average Bonchev–Trinajstić information content (AvgIpc) is 2.16. The monoisotopic (exact) mass is 191 g/mol. The van der Waals surface area contributed by atoms with Gasteiger partial charge in [0.2, 0.25) is 0 Å². The van der Waals surface area contributed by atoms with Crippen molar-refractivity contribution in [1.29, 1.82) is 0 Å². The minimum Gasteiger partial charge on any atom is -0.298 e. The smallest absolute Gasteiger partial charge is 0.152 e. The number of hydrogen-bond acceptors (Lipinski definition) is 3. The second-order valence-corrected chi connectivity index (χ2v) is 3.60. The van der Waals surface area contributed by atoms with Crippen LogP contribution < -0.4 is 0 Å². The zero-order valence-corrected chi connectivity index (χ0v) is 8.57. The van der Waals surface area contributed by atoms with Crippen LogP contribution >= 0.6 is 0 Å². The van der Waals surface area contributed by atoms with E-state index in [1.807, 2.05) is 26.0 Å². The lowest BCUT2D eigenvalue weighted by molar-refractivity contribution is 0.112. The van der Waals surface area contributed by atoms with E-state index in [9.17, 15) is 9.70 Å². The van der Waals surface area contributed by atoms with Crippen LogP contribution in [-0.2, 0) is 0 Å². The number of rotatable bonds is 3. The summed E-state index contributed by atoms with van der Waals surface area (Å²) >= 11 is 0. The van der Waals surface area contributed by atoms with E-state index in [2.05, 4.69) is 5.18 Å². The third kappa shape index (κ3) is 1.71. The van der Waals surface area contributed by atoms with Crippen molar-refractivity contribution >= 4 is 12.0 Å². The Balaban J connectivity index is 3.48. The zero-order valence-electron chi connectivity index (χ0n) is 8.57. The van der Waals surface area contributed by atoms with Gasteiger partial charge in [0.05, 0.1) is 0 Å². The molecule has 0 bridgehead atoms. The minimum atomic E-state index is 0.219. The fourth-order valence-corrected chi connectivity index (χ4v) is 1.48. The first-order valence-corrected chi connectivity index (χ1v) is 4.53. The molecule has 0 aliphatic rings. The predicted molar refractivity (Wildman–Crippen MR) is 56.1 cm³/mol. The van der Waals surface area contributed by atoms with Gasteiger partial charge in [-0.25, -0.2) is 0 Å². The van der Waals surface area contributed by atoms with Crippen LogP contribution in [0.4, 0.5) is 5.69 Å². The maximum atomic E-state index is 10.9. The Morgan fingerprint density at radius 3 is 2.43 bits per heavy atom. The molecule has 0 heterocycles. The van der Waals surface area contributed by atoms with Gasteiger partial charge in [-0.05, 0) is 29.1 Å². The standard InChI is InChI=1S/C11H13NO2/c1-7(2)9-5-4-8(3)11(12-14)10(9)6-13/h4-7H,1-3H3. The number of benzene rings is 1. The van der Waals surface area contributed by atoms with Gasteiger partial charge < -0.3 is 0 Å². The highest BCUT2D eigenvalue weighted by Gasteiger charge is 2.13. The van der Waals surface area contributed by atoms with E-state index < -0.39 is 0 Å². The van der Waals surface area contributed by atoms with Crippen LogP contribution in [0.2, 0.25) is 0 Å². The van der Waals surface area contributed by atoms with E-state index in [1.54, 1.807) is 6.92 Å². The molecule has 14 heavy (non-hydrogen) atoms. The molecule has 0 spiro atoms. The molecule has 1 aromatic carbocycles. The summed E-state index contributed by atoms with van der Waals surface area (Å²) in [4.78, 5) is 21.4. The number of aryl methyl sites for hydroxylation is 1. The Hall–Kier alpha value is -1.51. The molecule has 0 aliphatic heterocycles. The van der Waals surface area contributed by atoms with Crippen LogP contribution in [0, 0.1) is 11.8 Å². The van der Waals surface area contributed by atoms with Crippen molar-refractivity contribution in [2.45, 2.75) is 26.7 Å². The van der Waals surface area contributed by atoms with Crippen molar-refractivity contribution < 1.29 is 4.79 Å². The number of carbonyl (C=O) groups is 1.